The Hall–Kier alpha value is -3.76. The first-order valence-corrected chi connectivity index (χ1v) is 21.1. The highest BCUT2D eigenvalue weighted by Crippen LogP contribution is 2.50. The van der Waals surface area contributed by atoms with Crippen LogP contribution in [0.25, 0.3) is 0 Å². The molecule has 1 saturated carbocycles. The Morgan fingerprint density at radius 3 is 2.33 bits per heavy atom. The number of benzene rings is 1. The van der Waals surface area contributed by atoms with Gasteiger partial charge in [0, 0.05) is 54.0 Å². The van der Waals surface area contributed by atoms with E-state index in [-0.39, 0.29) is 68.7 Å². The van der Waals surface area contributed by atoms with Gasteiger partial charge in [-0.1, -0.05) is 44.5 Å². The molecule has 1 aliphatic carbocycles. The largest absolute Gasteiger partial charge is 0.512 e. The molecule has 57 heavy (non-hydrogen) atoms. The van der Waals surface area contributed by atoms with Crippen LogP contribution in [0.3, 0.4) is 0 Å². The van der Waals surface area contributed by atoms with Crippen molar-refractivity contribution in [3.63, 3.8) is 0 Å². The van der Waals surface area contributed by atoms with E-state index in [0.717, 1.165) is 77.4 Å². The van der Waals surface area contributed by atoms with Gasteiger partial charge in [-0.2, -0.15) is 26.3 Å². The second kappa shape index (κ2) is 16.8. The minimum Gasteiger partial charge on any atom is -0.512 e. The summed E-state index contributed by atoms with van der Waals surface area (Å²) in [6.07, 6.45) is -3.16. The van der Waals surface area contributed by atoms with Gasteiger partial charge in [0.1, 0.15) is 16.3 Å². The Morgan fingerprint density at radius 2 is 1.72 bits per heavy atom. The van der Waals surface area contributed by atoms with Crippen molar-refractivity contribution in [2.45, 2.75) is 112 Å². The summed E-state index contributed by atoms with van der Waals surface area (Å²) in [4.78, 5) is 35.4. The Kier molecular flexibility index (Phi) is 12.7. The average Bonchev–Trinajstić information content (AvgIpc) is 3.63. The number of hydrogen-bond donors (Lipinski definition) is 2. The van der Waals surface area contributed by atoms with Crippen LogP contribution in [0.2, 0.25) is 0 Å². The third-order valence-electron chi connectivity index (χ3n) is 11.8. The normalized spacial score (nSPS) is 22.1. The standard InChI is InChI=1S/C41H47F6N3O5S2/c1-3-10-32-39(55-28-25-33(57-26-28)41(45,46)47,17-8-21-50(32)35(52)34-30(40(42,43)44)12-6-20-48-34)36(53)49-22-18-38(54,19-23-49)29-11-4-5-13-31(29)56-24-9-16-37(27(2)51)14-7-15-37/h4-6,11-13,20,25-26,32,51,54H,2-3,7-10,14-19,21-24H2,1H3/t32-,39+/m1/s1. The second-order valence-electron chi connectivity index (χ2n) is 15.3. The van der Waals surface area contributed by atoms with Crippen molar-refractivity contribution in [2.24, 2.45) is 5.41 Å². The van der Waals surface area contributed by atoms with E-state index in [1.807, 2.05) is 24.3 Å². The summed E-state index contributed by atoms with van der Waals surface area (Å²) < 4.78 is 89.8. The molecule has 2 aromatic heterocycles. The number of hydrogen-bond acceptors (Lipinski definition) is 8. The molecular weight excluding hydrogens is 793 g/mol. The van der Waals surface area contributed by atoms with Crippen molar-refractivity contribution in [3.8, 4) is 5.75 Å². The van der Waals surface area contributed by atoms with E-state index >= 15 is 0 Å². The highest BCUT2D eigenvalue weighted by molar-refractivity contribution is 7.99. The highest BCUT2D eigenvalue weighted by atomic mass is 32.2. The average molecular weight is 840 g/mol. The topological polar surface area (TPSA) is 103 Å². The molecule has 2 amide bonds. The van der Waals surface area contributed by atoms with E-state index in [0.29, 0.717) is 23.3 Å². The number of nitrogens with zero attached hydrogens (tertiary/aromatic N) is 3. The van der Waals surface area contributed by atoms with Crippen molar-refractivity contribution in [1.29, 1.82) is 0 Å². The van der Waals surface area contributed by atoms with Crippen molar-refractivity contribution in [1.82, 2.24) is 14.8 Å². The molecule has 0 radical (unpaired) electrons. The number of amides is 2. The molecular formula is C41H47F6N3O5S2. The van der Waals surface area contributed by atoms with Crippen LogP contribution in [0.4, 0.5) is 26.3 Å². The molecule has 0 spiro atoms. The van der Waals surface area contributed by atoms with Gasteiger partial charge in [-0.25, -0.2) is 0 Å². The maximum absolute atomic E-state index is 15.0. The zero-order chi connectivity index (χ0) is 41.2. The van der Waals surface area contributed by atoms with Crippen LogP contribution in [0.5, 0.6) is 5.75 Å². The van der Waals surface area contributed by atoms with Gasteiger partial charge in [-0.15, -0.1) is 23.1 Å². The van der Waals surface area contributed by atoms with Crippen LogP contribution in [0.15, 0.2) is 71.3 Å². The molecule has 310 valence electrons. The fraction of sp³-hybridized carbons (Fsp3) is 0.537. The van der Waals surface area contributed by atoms with Crippen molar-refractivity contribution in [2.75, 3.05) is 25.4 Å². The number of rotatable bonds is 13. The molecule has 3 fully saturated rings. The van der Waals surface area contributed by atoms with Crippen molar-refractivity contribution < 1.29 is 50.9 Å². The van der Waals surface area contributed by atoms with Gasteiger partial charge in [0.05, 0.1) is 23.0 Å². The summed E-state index contributed by atoms with van der Waals surface area (Å²) in [6, 6.07) is 8.97. The number of carbonyl (C=O) groups excluding carboxylic acids is 2. The third-order valence-corrected chi connectivity index (χ3v) is 13.9. The van der Waals surface area contributed by atoms with Gasteiger partial charge in [-0.3, -0.25) is 14.6 Å². The Labute approximate surface area is 336 Å². The van der Waals surface area contributed by atoms with E-state index in [1.165, 1.54) is 4.90 Å². The molecule has 2 N–H and O–H groups in total. The van der Waals surface area contributed by atoms with Crippen molar-refractivity contribution >= 4 is 34.9 Å². The van der Waals surface area contributed by atoms with Gasteiger partial charge in [0.15, 0.2) is 0 Å². The third kappa shape index (κ3) is 8.82. The summed E-state index contributed by atoms with van der Waals surface area (Å²) in [5, 5.41) is 23.4. The zero-order valence-corrected chi connectivity index (χ0v) is 33.3. The zero-order valence-electron chi connectivity index (χ0n) is 31.6. The van der Waals surface area contributed by atoms with Crippen LogP contribution in [0.1, 0.15) is 104 Å². The van der Waals surface area contributed by atoms with E-state index in [1.54, 1.807) is 18.7 Å². The molecule has 2 atom stereocenters. The lowest BCUT2D eigenvalue weighted by Crippen LogP contribution is -2.68. The number of aliphatic hydroxyl groups excluding tert-OH is 1. The van der Waals surface area contributed by atoms with Crippen molar-refractivity contribution in [3.05, 3.63) is 88.1 Å². The fourth-order valence-electron chi connectivity index (χ4n) is 8.55. The molecule has 3 aliphatic rings. The quantitative estimate of drug-likeness (QED) is 0.0765. The van der Waals surface area contributed by atoms with Gasteiger partial charge < -0.3 is 24.7 Å². The number of halogens is 6. The monoisotopic (exact) mass is 839 g/mol. The van der Waals surface area contributed by atoms with Gasteiger partial charge in [-0.05, 0) is 80.9 Å². The van der Waals surface area contributed by atoms with Crippen LogP contribution in [-0.4, -0.2) is 73.8 Å². The van der Waals surface area contributed by atoms with E-state index in [2.05, 4.69) is 11.6 Å². The maximum Gasteiger partial charge on any atom is 0.425 e. The molecule has 1 aromatic carbocycles. The highest BCUT2D eigenvalue weighted by Gasteiger charge is 2.57. The number of likely N-dealkylation sites (tertiary alicyclic amines) is 2. The summed E-state index contributed by atoms with van der Waals surface area (Å²) in [7, 11) is 0. The van der Waals surface area contributed by atoms with E-state index < -0.39 is 57.5 Å². The number of alkyl halides is 6. The Morgan fingerprint density at radius 1 is 1.00 bits per heavy atom. The molecule has 4 heterocycles. The second-order valence-corrected chi connectivity index (χ2v) is 17.3. The van der Waals surface area contributed by atoms with Gasteiger partial charge in [0.2, 0.25) is 5.60 Å². The van der Waals surface area contributed by atoms with Gasteiger partial charge >= 0.3 is 12.4 Å². The maximum atomic E-state index is 15.0. The molecule has 2 aliphatic heterocycles. The minimum absolute atomic E-state index is 0.0169. The lowest BCUT2D eigenvalue weighted by atomic mass is 9.65. The summed E-state index contributed by atoms with van der Waals surface area (Å²) >= 11 is 1.99. The number of pyridine rings is 1. The molecule has 8 nitrogen and oxygen atoms in total. The molecule has 16 heteroatoms. The fourth-order valence-corrected chi connectivity index (χ4v) is 10.3. The van der Waals surface area contributed by atoms with Crippen LogP contribution in [0, 0.1) is 5.41 Å². The molecule has 2 saturated heterocycles. The Balaban J connectivity index is 1.26. The van der Waals surface area contributed by atoms with Crippen LogP contribution in [-0.2, 0) is 22.7 Å². The number of aromatic nitrogens is 1. The number of carbonyl (C=O) groups is 2. The minimum atomic E-state index is -4.90. The first-order valence-electron chi connectivity index (χ1n) is 19.2. The molecule has 0 bridgehead atoms. The summed E-state index contributed by atoms with van der Waals surface area (Å²) in [5.74, 6) is -0.927. The lowest BCUT2D eigenvalue weighted by Gasteiger charge is -2.51. The smallest absolute Gasteiger partial charge is 0.425 e. The number of aliphatic hydroxyl groups is 2. The summed E-state index contributed by atoms with van der Waals surface area (Å²) in [5.41, 5.74) is -4.86. The number of thioether (sulfide) groups is 1. The lowest BCUT2D eigenvalue weighted by molar-refractivity contribution is -0.163. The molecule has 0 unspecified atom stereocenters. The molecule has 3 aromatic rings. The number of ether oxygens (including phenoxy) is 1. The SMILES string of the molecule is C=C(O)C1(CCCSc2ccccc2C2(O)CCN(C(=O)[C@]3(Oc4csc(C(F)(F)F)c4)CCCN(C(=O)c4ncccc4C(F)(F)F)[C@@H]3CCC)CC2)CCC1. The number of allylic oxidation sites excluding steroid dienone is 1. The van der Waals surface area contributed by atoms with E-state index in [9.17, 15) is 46.1 Å². The Bertz CT molecular complexity index is 1920. The van der Waals surface area contributed by atoms with Gasteiger partial charge in [0.25, 0.3) is 11.8 Å². The summed E-state index contributed by atoms with van der Waals surface area (Å²) in [6.45, 7) is 5.61. The van der Waals surface area contributed by atoms with E-state index in [4.69, 9.17) is 4.74 Å². The first-order chi connectivity index (χ1) is 26.9. The first kappa shape index (κ1) is 42.8. The predicted octanol–water partition coefficient (Wildman–Crippen LogP) is 10.0. The van der Waals surface area contributed by atoms with Crippen LogP contribution < -0.4 is 4.74 Å². The predicted molar refractivity (Wildman–Crippen MR) is 205 cm³/mol. The number of thiophene rings is 1. The molecule has 6 rings (SSSR count). The number of piperidine rings is 2. The van der Waals surface area contributed by atoms with Crippen LogP contribution >= 0.6 is 23.1 Å².